The molecule has 1 fully saturated rings. The molecule has 128 valence electrons. The van der Waals surface area contributed by atoms with Crippen molar-refractivity contribution in [3.8, 4) is 0 Å². The van der Waals surface area contributed by atoms with E-state index >= 15 is 0 Å². The Morgan fingerprint density at radius 3 is 3.08 bits per heavy atom. The van der Waals surface area contributed by atoms with Crippen LogP contribution >= 0.6 is 11.3 Å². The van der Waals surface area contributed by atoms with Gasteiger partial charge in [-0.15, -0.1) is 11.3 Å². The number of thiazole rings is 1. The number of hydrogen-bond donors (Lipinski definition) is 2. The topological polar surface area (TPSA) is 87.5 Å². The van der Waals surface area contributed by atoms with Crippen molar-refractivity contribution in [3.63, 3.8) is 0 Å². The van der Waals surface area contributed by atoms with Crippen LogP contribution in [0, 0.1) is 6.92 Å². The number of piperazine rings is 1. The highest BCUT2D eigenvalue weighted by Gasteiger charge is 2.23. The SMILES string of the molecule is Cc1occc1C(=O)Nc1nc(CC(=O)N2CCNC[C@H]2C)cs1. The molecule has 8 heteroatoms. The van der Waals surface area contributed by atoms with E-state index in [4.69, 9.17) is 4.42 Å². The Morgan fingerprint density at radius 1 is 1.54 bits per heavy atom. The molecule has 1 atom stereocenters. The van der Waals surface area contributed by atoms with Gasteiger partial charge in [0.05, 0.1) is 23.9 Å². The number of nitrogens with one attached hydrogen (secondary N) is 2. The molecule has 2 N–H and O–H groups in total. The van der Waals surface area contributed by atoms with Crippen molar-refractivity contribution in [2.75, 3.05) is 25.0 Å². The van der Waals surface area contributed by atoms with Gasteiger partial charge in [0.25, 0.3) is 5.91 Å². The maximum absolute atomic E-state index is 12.4. The van der Waals surface area contributed by atoms with Crippen LogP contribution in [0.15, 0.2) is 22.1 Å². The van der Waals surface area contributed by atoms with Gasteiger partial charge in [-0.3, -0.25) is 14.9 Å². The summed E-state index contributed by atoms with van der Waals surface area (Å²) >= 11 is 1.31. The van der Waals surface area contributed by atoms with Gasteiger partial charge in [0.15, 0.2) is 5.13 Å². The Bertz CT molecular complexity index is 739. The first-order valence-electron chi connectivity index (χ1n) is 7.84. The molecule has 24 heavy (non-hydrogen) atoms. The molecular weight excluding hydrogens is 328 g/mol. The molecule has 2 amide bonds. The number of carbonyl (C=O) groups excluding carboxylic acids is 2. The van der Waals surface area contributed by atoms with Crippen molar-refractivity contribution >= 4 is 28.3 Å². The number of aromatic nitrogens is 1. The summed E-state index contributed by atoms with van der Waals surface area (Å²) in [6, 6.07) is 1.81. The molecule has 2 aromatic rings. The molecule has 0 aliphatic carbocycles. The van der Waals surface area contributed by atoms with E-state index in [1.165, 1.54) is 17.6 Å². The average Bonchev–Trinajstić information content (AvgIpc) is 3.16. The second-order valence-electron chi connectivity index (χ2n) is 5.81. The summed E-state index contributed by atoms with van der Waals surface area (Å²) in [5.41, 5.74) is 1.16. The molecule has 0 spiro atoms. The minimum atomic E-state index is -0.260. The molecule has 0 radical (unpaired) electrons. The lowest BCUT2D eigenvalue weighted by atomic mass is 10.2. The van der Waals surface area contributed by atoms with Gasteiger partial charge in [0, 0.05) is 31.1 Å². The summed E-state index contributed by atoms with van der Waals surface area (Å²) in [6.45, 7) is 6.11. The zero-order chi connectivity index (χ0) is 17.1. The fourth-order valence-corrected chi connectivity index (χ4v) is 3.40. The quantitative estimate of drug-likeness (QED) is 0.877. The lowest BCUT2D eigenvalue weighted by molar-refractivity contribution is -0.133. The zero-order valence-corrected chi connectivity index (χ0v) is 14.5. The number of anilines is 1. The Balaban J connectivity index is 1.60. The first-order chi connectivity index (χ1) is 11.5. The standard InChI is InChI=1S/C16H20N4O3S/c1-10-8-17-4-5-20(10)14(21)7-12-9-24-16(18-12)19-15(22)13-3-6-23-11(13)2/h3,6,9-10,17H,4-5,7-8H2,1-2H3,(H,18,19,22)/t10-/m1/s1. The zero-order valence-electron chi connectivity index (χ0n) is 13.7. The summed E-state index contributed by atoms with van der Waals surface area (Å²) in [5, 5.41) is 8.30. The number of carbonyl (C=O) groups is 2. The van der Waals surface area contributed by atoms with E-state index in [9.17, 15) is 9.59 Å². The summed E-state index contributed by atoms with van der Waals surface area (Å²) < 4.78 is 5.13. The number of nitrogens with zero attached hydrogens (tertiary/aromatic N) is 2. The van der Waals surface area contributed by atoms with Crippen LogP contribution in [-0.4, -0.2) is 47.4 Å². The Labute approximate surface area is 144 Å². The minimum Gasteiger partial charge on any atom is -0.469 e. The molecule has 0 saturated carbocycles. The van der Waals surface area contributed by atoms with Gasteiger partial charge in [-0.05, 0) is 19.9 Å². The van der Waals surface area contributed by atoms with Crippen molar-refractivity contribution in [3.05, 3.63) is 34.7 Å². The van der Waals surface area contributed by atoms with E-state index in [1.807, 2.05) is 17.2 Å². The van der Waals surface area contributed by atoms with Gasteiger partial charge in [-0.2, -0.15) is 0 Å². The summed E-state index contributed by atoms with van der Waals surface area (Å²) in [7, 11) is 0. The van der Waals surface area contributed by atoms with E-state index in [2.05, 4.69) is 15.6 Å². The number of hydrogen-bond acceptors (Lipinski definition) is 6. The first-order valence-corrected chi connectivity index (χ1v) is 8.72. The third-order valence-corrected chi connectivity index (χ3v) is 4.84. The van der Waals surface area contributed by atoms with Crippen LogP contribution < -0.4 is 10.6 Å². The highest BCUT2D eigenvalue weighted by molar-refractivity contribution is 7.14. The van der Waals surface area contributed by atoms with Crippen molar-refractivity contribution in [2.24, 2.45) is 0 Å². The fourth-order valence-electron chi connectivity index (χ4n) is 2.70. The molecule has 1 aliphatic rings. The van der Waals surface area contributed by atoms with E-state index in [0.717, 1.165) is 13.1 Å². The molecule has 2 aromatic heterocycles. The fraction of sp³-hybridized carbons (Fsp3) is 0.438. The van der Waals surface area contributed by atoms with Gasteiger partial charge in [-0.25, -0.2) is 4.98 Å². The van der Waals surface area contributed by atoms with Crippen LogP contribution in [0.3, 0.4) is 0 Å². The second-order valence-corrected chi connectivity index (χ2v) is 6.66. The molecular formula is C16H20N4O3S. The van der Waals surface area contributed by atoms with Crippen LogP contribution in [0.5, 0.6) is 0 Å². The van der Waals surface area contributed by atoms with Crippen LogP contribution in [0.4, 0.5) is 5.13 Å². The smallest absolute Gasteiger partial charge is 0.260 e. The lowest BCUT2D eigenvalue weighted by Crippen LogP contribution is -2.52. The van der Waals surface area contributed by atoms with Gasteiger partial charge in [0.1, 0.15) is 5.76 Å². The van der Waals surface area contributed by atoms with Crippen molar-refractivity contribution in [1.29, 1.82) is 0 Å². The predicted octanol–water partition coefficient (Wildman–Crippen LogP) is 1.66. The van der Waals surface area contributed by atoms with Crippen molar-refractivity contribution in [2.45, 2.75) is 26.3 Å². The monoisotopic (exact) mass is 348 g/mol. The second kappa shape index (κ2) is 7.14. The average molecular weight is 348 g/mol. The molecule has 0 unspecified atom stereocenters. The van der Waals surface area contributed by atoms with E-state index in [1.54, 1.807) is 13.0 Å². The molecule has 3 rings (SSSR count). The maximum atomic E-state index is 12.4. The number of aryl methyl sites for hydroxylation is 1. The highest BCUT2D eigenvalue weighted by Crippen LogP contribution is 2.19. The van der Waals surface area contributed by atoms with Crippen LogP contribution in [0.1, 0.15) is 28.7 Å². The normalized spacial score (nSPS) is 17.8. The van der Waals surface area contributed by atoms with Gasteiger partial charge < -0.3 is 14.6 Å². The van der Waals surface area contributed by atoms with Gasteiger partial charge in [0.2, 0.25) is 5.91 Å². The Kier molecular flexibility index (Phi) is 4.96. The van der Waals surface area contributed by atoms with Gasteiger partial charge in [-0.1, -0.05) is 0 Å². The molecule has 0 aromatic carbocycles. The third kappa shape index (κ3) is 3.65. The van der Waals surface area contributed by atoms with Gasteiger partial charge >= 0.3 is 0 Å². The van der Waals surface area contributed by atoms with E-state index < -0.39 is 0 Å². The van der Waals surface area contributed by atoms with Crippen LogP contribution in [-0.2, 0) is 11.2 Å². The predicted molar refractivity (Wildman–Crippen MR) is 91.3 cm³/mol. The van der Waals surface area contributed by atoms with E-state index in [-0.39, 0.29) is 24.3 Å². The van der Waals surface area contributed by atoms with Crippen LogP contribution in [0.2, 0.25) is 0 Å². The number of amides is 2. The van der Waals surface area contributed by atoms with Crippen LogP contribution in [0.25, 0.3) is 0 Å². The summed E-state index contributed by atoms with van der Waals surface area (Å²) in [5.74, 6) is 0.370. The summed E-state index contributed by atoms with van der Waals surface area (Å²) in [6.07, 6.45) is 1.73. The van der Waals surface area contributed by atoms with Crippen molar-refractivity contribution in [1.82, 2.24) is 15.2 Å². The molecule has 1 saturated heterocycles. The molecule has 0 bridgehead atoms. The lowest BCUT2D eigenvalue weighted by Gasteiger charge is -2.33. The largest absolute Gasteiger partial charge is 0.469 e. The molecule has 7 nitrogen and oxygen atoms in total. The summed E-state index contributed by atoms with van der Waals surface area (Å²) in [4.78, 5) is 30.8. The number of rotatable bonds is 4. The first kappa shape index (κ1) is 16.7. The van der Waals surface area contributed by atoms with E-state index in [0.29, 0.717) is 28.7 Å². The number of furan rings is 1. The Morgan fingerprint density at radius 2 is 2.38 bits per heavy atom. The van der Waals surface area contributed by atoms with Crippen molar-refractivity contribution < 1.29 is 14.0 Å². The minimum absolute atomic E-state index is 0.0675. The Hall–Kier alpha value is -2.19. The molecule has 1 aliphatic heterocycles. The third-order valence-electron chi connectivity index (χ3n) is 4.03. The highest BCUT2D eigenvalue weighted by atomic mass is 32.1. The molecule has 3 heterocycles. The maximum Gasteiger partial charge on any atom is 0.260 e.